The molecule has 8 heteroatoms. The second kappa shape index (κ2) is 9.04. The molecule has 0 radical (unpaired) electrons. The zero-order valence-corrected chi connectivity index (χ0v) is 19.6. The molecule has 1 aromatic heterocycles. The number of fused-ring (bicyclic) bond motifs is 2. The topological polar surface area (TPSA) is 50.6 Å². The molecule has 0 N–H and O–H groups in total. The van der Waals surface area contributed by atoms with Gasteiger partial charge in [-0.15, -0.1) is 0 Å². The van der Waals surface area contributed by atoms with Crippen molar-refractivity contribution in [1.82, 2.24) is 19.6 Å². The van der Waals surface area contributed by atoms with E-state index in [0.29, 0.717) is 18.3 Å². The number of hydrogen-bond donors (Lipinski definition) is 0. The third-order valence-corrected chi connectivity index (χ3v) is 7.85. The SMILES string of the molecule is CCn1nc(C(=O)N2CCSCC2)c2c1CCC(N1CCOc3ccc(Cl)cc3C1)C2. The number of rotatable bonds is 3. The van der Waals surface area contributed by atoms with Crippen LogP contribution in [0.25, 0.3) is 0 Å². The lowest BCUT2D eigenvalue weighted by molar-refractivity contribution is 0.0763. The summed E-state index contributed by atoms with van der Waals surface area (Å²) >= 11 is 8.17. The van der Waals surface area contributed by atoms with Crippen molar-refractivity contribution in [3.8, 4) is 5.75 Å². The summed E-state index contributed by atoms with van der Waals surface area (Å²) < 4.78 is 8.03. The summed E-state index contributed by atoms with van der Waals surface area (Å²) in [6.45, 7) is 6.93. The summed E-state index contributed by atoms with van der Waals surface area (Å²) in [5, 5.41) is 5.53. The fraction of sp³-hybridized carbons (Fsp3) is 0.565. The molecule has 0 spiro atoms. The van der Waals surface area contributed by atoms with E-state index in [1.807, 2.05) is 34.9 Å². The largest absolute Gasteiger partial charge is 0.492 e. The fourth-order valence-corrected chi connectivity index (χ4v) is 6.12. The van der Waals surface area contributed by atoms with E-state index in [2.05, 4.69) is 16.5 Å². The maximum atomic E-state index is 13.3. The standard InChI is InChI=1S/C23H29ClN4O2S/c1-2-28-20-5-4-18(27-7-10-30-21-6-3-17(24)13-16(21)15-27)14-19(20)22(25-28)23(29)26-8-11-31-12-9-26/h3,6,13,18H,2,4-5,7-12,14-15H2,1H3. The first kappa shape index (κ1) is 21.2. The Bertz CT molecular complexity index is 973. The summed E-state index contributed by atoms with van der Waals surface area (Å²) in [5.74, 6) is 3.07. The molecule has 1 aliphatic carbocycles. The maximum Gasteiger partial charge on any atom is 0.274 e. The number of ether oxygens (including phenoxy) is 1. The number of carbonyl (C=O) groups is 1. The van der Waals surface area contributed by atoms with Crippen molar-refractivity contribution in [3.63, 3.8) is 0 Å². The minimum atomic E-state index is 0.112. The highest BCUT2D eigenvalue weighted by Crippen LogP contribution is 2.32. The minimum Gasteiger partial charge on any atom is -0.492 e. The van der Waals surface area contributed by atoms with Crippen molar-refractivity contribution in [2.75, 3.05) is 37.7 Å². The van der Waals surface area contributed by atoms with E-state index in [-0.39, 0.29) is 5.91 Å². The average molecular weight is 461 g/mol. The maximum absolute atomic E-state index is 13.3. The predicted molar refractivity (Wildman–Crippen MR) is 124 cm³/mol. The number of aromatic nitrogens is 2. The van der Waals surface area contributed by atoms with Gasteiger partial charge < -0.3 is 9.64 Å². The zero-order chi connectivity index (χ0) is 21.4. The molecule has 2 aliphatic heterocycles. The first-order valence-electron chi connectivity index (χ1n) is 11.2. The number of benzene rings is 1. The normalized spacial score (nSPS) is 21.7. The van der Waals surface area contributed by atoms with Crippen molar-refractivity contribution in [2.24, 2.45) is 0 Å². The zero-order valence-electron chi connectivity index (χ0n) is 18.0. The van der Waals surface area contributed by atoms with Crippen LogP contribution in [0.4, 0.5) is 0 Å². The third kappa shape index (κ3) is 4.20. The molecule has 0 bridgehead atoms. The Morgan fingerprint density at radius 3 is 2.94 bits per heavy atom. The molecule has 6 nitrogen and oxygen atoms in total. The molecule has 166 valence electrons. The number of halogens is 1. The van der Waals surface area contributed by atoms with Crippen LogP contribution in [0.2, 0.25) is 5.02 Å². The lowest BCUT2D eigenvalue weighted by Crippen LogP contribution is -2.41. The summed E-state index contributed by atoms with van der Waals surface area (Å²) in [7, 11) is 0. The van der Waals surface area contributed by atoms with E-state index in [1.165, 1.54) is 5.69 Å². The van der Waals surface area contributed by atoms with Crippen molar-refractivity contribution in [1.29, 1.82) is 0 Å². The van der Waals surface area contributed by atoms with Gasteiger partial charge in [-0.1, -0.05) is 11.6 Å². The van der Waals surface area contributed by atoms with Gasteiger partial charge in [0.05, 0.1) is 0 Å². The Labute approximate surface area is 192 Å². The summed E-state index contributed by atoms with van der Waals surface area (Å²) in [6.07, 6.45) is 2.90. The van der Waals surface area contributed by atoms with Crippen molar-refractivity contribution < 1.29 is 9.53 Å². The molecule has 3 aliphatic rings. The highest BCUT2D eigenvalue weighted by molar-refractivity contribution is 7.99. The lowest BCUT2D eigenvalue weighted by Gasteiger charge is -2.33. The van der Waals surface area contributed by atoms with Gasteiger partial charge in [-0.05, 0) is 44.4 Å². The van der Waals surface area contributed by atoms with Crippen LogP contribution >= 0.6 is 23.4 Å². The first-order valence-corrected chi connectivity index (χ1v) is 12.8. The van der Waals surface area contributed by atoms with Crippen LogP contribution in [0, 0.1) is 0 Å². The second-order valence-electron chi connectivity index (χ2n) is 8.46. The second-order valence-corrected chi connectivity index (χ2v) is 10.1. The van der Waals surface area contributed by atoms with Crippen LogP contribution in [0.5, 0.6) is 5.75 Å². The predicted octanol–water partition coefficient (Wildman–Crippen LogP) is 3.50. The van der Waals surface area contributed by atoms with Crippen LogP contribution in [0.3, 0.4) is 0 Å². The van der Waals surface area contributed by atoms with E-state index in [1.54, 1.807) is 0 Å². The smallest absolute Gasteiger partial charge is 0.274 e. The number of thioether (sulfide) groups is 1. The van der Waals surface area contributed by atoms with E-state index >= 15 is 0 Å². The van der Waals surface area contributed by atoms with Crippen LogP contribution in [-0.2, 0) is 25.9 Å². The number of amides is 1. The summed E-state index contributed by atoms with van der Waals surface area (Å²) in [5.41, 5.74) is 4.24. The summed E-state index contributed by atoms with van der Waals surface area (Å²) in [4.78, 5) is 17.8. The van der Waals surface area contributed by atoms with E-state index in [9.17, 15) is 4.79 Å². The molecular weight excluding hydrogens is 432 g/mol. The van der Waals surface area contributed by atoms with Crippen LogP contribution < -0.4 is 4.74 Å². The van der Waals surface area contributed by atoms with E-state index < -0.39 is 0 Å². The molecule has 5 rings (SSSR count). The Kier molecular flexibility index (Phi) is 6.17. The molecule has 1 fully saturated rings. The van der Waals surface area contributed by atoms with Crippen molar-refractivity contribution >= 4 is 29.3 Å². The van der Waals surface area contributed by atoms with Crippen molar-refractivity contribution in [2.45, 2.75) is 45.3 Å². The Hall–Kier alpha value is -1.70. The van der Waals surface area contributed by atoms with Gasteiger partial charge >= 0.3 is 0 Å². The molecule has 1 unspecified atom stereocenters. The van der Waals surface area contributed by atoms with E-state index in [4.69, 9.17) is 21.4 Å². The minimum absolute atomic E-state index is 0.112. The highest BCUT2D eigenvalue weighted by Gasteiger charge is 2.34. The van der Waals surface area contributed by atoms with Crippen LogP contribution in [0.1, 0.15) is 40.7 Å². The van der Waals surface area contributed by atoms with Gasteiger partial charge in [-0.25, -0.2) is 0 Å². The summed E-state index contributed by atoms with van der Waals surface area (Å²) in [6, 6.07) is 6.25. The molecule has 1 amide bonds. The number of aryl methyl sites for hydroxylation is 1. The molecule has 2 aromatic rings. The molecule has 0 saturated carbocycles. The quantitative estimate of drug-likeness (QED) is 0.701. The lowest BCUT2D eigenvalue weighted by atomic mass is 9.89. The van der Waals surface area contributed by atoms with Crippen LogP contribution in [0.15, 0.2) is 18.2 Å². The number of hydrogen-bond acceptors (Lipinski definition) is 5. The molecular formula is C23H29ClN4O2S. The average Bonchev–Trinajstić information content (AvgIpc) is 3.04. The van der Waals surface area contributed by atoms with Gasteiger partial charge in [-0.3, -0.25) is 14.4 Å². The third-order valence-electron chi connectivity index (χ3n) is 6.67. The fourth-order valence-electron chi connectivity index (χ4n) is 5.03. The van der Waals surface area contributed by atoms with Crippen LogP contribution in [-0.4, -0.2) is 69.3 Å². The monoisotopic (exact) mass is 460 g/mol. The molecule has 1 aromatic carbocycles. The Morgan fingerprint density at radius 2 is 2.13 bits per heavy atom. The number of carbonyl (C=O) groups excluding carboxylic acids is 1. The van der Waals surface area contributed by atoms with E-state index in [0.717, 1.165) is 85.4 Å². The van der Waals surface area contributed by atoms with Gasteiger partial charge in [0.15, 0.2) is 5.69 Å². The highest BCUT2D eigenvalue weighted by atomic mass is 35.5. The molecule has 31 heavy (non-hydrogen) atoms. The van der Waals surface area contributed by atoms with Gasteiger partial charge in [0.1, 0.15) is 12.4 Å². The molecule has 3 heterocycles. The molecule has 1 atom stereocenters. The van der Waals surface area contributed by atoms with Crippen molar-refractivity contribution in [3.05, 3.63) is 45.7 Å². The molecule has 1 saturated heterocycles. The first-order chi connectivity index (χ1) is 15.1. The van der Waals surface area contributed by atoms with Gasteiger partial charge in [0.25, 0.3) is 5.91 Å². The van der Waals surface area contributed by atoms with Gasteiger partial charge in [-0.2, -0.15) is 16.9 Å². The Morgan fingerprint density at radius 1 is 1.29 bits per heavy atom. The van der Waals surface area contributed by atoms with Gasteiger partial charge in [0.2, 0.25) is 0 Å². The van der Waals surface area contributed by atoms with Gasteiger partial charge in [0, 0.05) is 72.1 Å². The number of nitrogens with zero attached hydrogens (tertiary/aromatic N) is 4. The Balaban J connectivity index is 1.40.